The van der Waals surface area contributed by atoms with Crippen LogP contribution in [-0.2, 0) is 6.42 Å². The first-order valence-corrected chi connectivity index (χ1v) is 7.32. The van der Waals surface area contributed by atoms with Crippen LogP contribution in [0.25, 0.3) is 0 Å². The summed E-state index contributed by atoms with van der Waals surface area (Å²) in [6.45, 7) is 1.04. The Balaban J connectivity index is 2.33. The molecular formula is C14H20BrNO3. The molecular weight excluding hydrogens is 310 g/mol. The molecule has 0 aromatic heterocycles. The number of rotatable bonds is 4. The van der Waals surface area contributed by atoms with E-state index in [4.69, 9.17) is 9.47 Å². The van der Waals surface area contributed by atoms with Crippen molar-refractivity contribution in [3.8, 4) is 17.2 Å². The molecule has 106 valence electrons. The molecule has 1 atom stereocenters. The smallest absolute Gasteiger partial charge is 0.167 e. The van der Waals surface area contributed by atoms with Crippen LogP contribution in [0.3, 0.4) is 0 Å². The molecule has 0 aliphatic carbocycles. The van der Waals surface area contributed by atoms with Gasteiger partial charge in [-0.15, -0.1) is 0 Å². The number of nitrogens with one attached hydrogen (secondary N) is 1. The van der Waals surface area contributed by atoms with E-state index in [0.29, 0.717) is 22.0 Å². The summed E-state index contributed by atoms with van der Waals surface area (Å²) in [7, 11) is 3.20. The van der Waals surface area contributed by atoms with Crippen molar-refractivity contribution in [3.05, 3.63) is 16.1 Å². The molecule has 19 heavy (non-hydrogen) atoms. The molecule has 0 radical (unpaired) electrons. The standard InChI is InChI=1S/C14H20BrNO3/c1-18-12-8-11(15)13(17)10(14(12)19-2)7-9-5-3-4-6-16-9/h8-9,16-17H,3-7H2,1-2H3. The second kappa shape index (κ2) is 6.48. The van der Waals surface area contributed by atoms with Crippen LogP contribution < -0.4 is 14.8 Å². The Labute approximate surface area is 122 Å². The minimum absolute atomic E-state index is 0.241. The Hall–Kier alpha value is -0.940. The summed E-state index contributed by atoms with van der Waals surface area (Å²) < 4.78 is 11.4. The van der Waals surface area contributed by atoms with Gasteiger partial charge in [0.15, 0.2) is 11.5 Å². The molecule has 5 heteroatoms. The molecule has 0 bridgehead atoms. The lowest BCUT2D eigenvalue weighted by Gasteiger charge is -2.25. The zero-order valence-corrected chi connectivity index (χ0v) is 12.9. The zero-order valence-electron chi connectivity index (χ0n) is 11.3. The topological polar surface area (TPSA) is 50.7 Å². The van der Waals surface area contributed by atoms with Gasteiger partial charge in [0.1, 0.15) is 5.75 Å². The maximum absolute atomic E-state index is 10.2. The number of benzene rings is 1. The van der Waals surface area contributed by atoms with E-state index >= 15 is 0 Å². The van der Waals surface area contributed by atoms with Crippen molar-refractivity contribution in [1.29, 1.82) is 0 Å². The molecule has 1 aromatic carbocycles. The van der Waals surface area contributed by atoms with E-state index in [1.807, 2.05) is 0 Å². The minimum atomic E-state index is 0.241. The van der Waals surface area contributed by atoms with E-state index in [-0.39, 0.29) is 5.75 Å². The molecule has 2 N–H and O–H groups in total. The number of piperidine rings is 1. The van der Waals surface area contributed by atoms with Gasteiger partial charge in [-0.2, -0.15) is 0 Å². The van der Waals surface area contributed by atoms with Crippen molar-refractivity contribution in [2.45, 2.75) is 31.7 Å². The minimum Gasteiger partial charge on any atom is -0.506 e. The third kappa shape index (κ3) is 3.15. The van der Waals surface area contributed by atoms with Crippen molar-refractivity contribution in [2.75, 3.05) is 20.8 Å². The lowest BCUT2D eigenvalue weighted by molar-refractivity contribution is 0.338. The predicted octanol–water partition coefficient (Wildman–Crippen LogP) is 2.86. The van der Waals surface area contributed by atoms with Crippen LogP contribution in [-0.4, -0.2) is 31.9 Å². The molecule has 1 aliphatic heterocycles. The quantitative estimate of drug-likeness (QED) is 0.891. The van der Waals surface area contributed by atoms with Crippen molar-refractivity contribution >= 4 is 15.9 Å². The average Bonchev–Trinajstić information content (AvgIpc) is 2.44. The third-order valence-corrected chi connectivity index (χ3v) is 4.16. The lowest BCUT2D eigenvalue weighted by atomic mass is 9.96. The van der Waals surface area contributed by atoms with Crippen molar-refractivity contribution in [3.63, 3.8) is 0 Å². The number of phenols is 1. The molecule has 1 aromatic rings. The summed E-state index contributed by atoms with van der Waals surface area (Å²) in [5, 5.41) is 13.7. The highest BCUT2D eigenvalue weighted by Crippen LogP contribution is 2.43. The number of methoxy groups -OCH3 is 2. The highest BCUT2D eigenvalue weighted by atomic mass is 79.9. The van der Waals surface area contributed by atoms with Crippen molar-refractivity contribution in [1.82, 2.24) is 5.32 Å². The van der Waals surface area contributed by atoms with Crippen LogP contribution in [0.15, 0.2) is 10.5 Å². The summed E-state index contributed by atoms with van der Waals surface area (Å²) in [5.74, 6) is 1.50. The maximum Gasteiger partial charge on any atom is 0.167 e. The average molecular weight is 330 g/mol. The van der Waals surface area contributed by atoms with Crippen LogP contribution >= 0.6 is 15.9 Å². The number of hydrogen-bond donors (Lipinski definition) is 2. The Morgan fingerprint density at radius 2 is 2.16 bits per heavy atom. The van der Waals surface area contributed by atoms with E-state index in [1.165, 1.54) is 12.8 Å². The molecule has 1 fully saturated rings. The van der Waals surface area contributed by atoms with Crippen LogP contribution in [0.1, 0.15) is 24.8 Å². The monoisotopic (exact) mass is 329 g/mol. The van der Waals surface area contributed by atoms with Gasteiger partial charge in [-0.1, -0.05) is 6.42 Å². The molecule has 1 unspecified atom stereocenters. The first-order chi connectivity index (χ1) is 9.17. The Morgan fingerprint density at radius 3 is 2.74 bits per heavy atom. The second-order valence-electron chi connectivity index (χ2n) is 4.77. The SMILES string of the molecule is COc1cc(Br)c(O)c(CC2CCCCN2)c1OC. The van der Waals surface area contributed by atoms with Crippen molar-refractivity contribution < 1.29 is 14.6 Å². The molecule has 1 saturated heterocycles. The normalized spacial score (nSPS) is 19.2. The summed E-state index contributed by atoms with van der Waals surface area (Å²) in [6.07, 6.45) is 4.32. The predicted molar refractivity (Wildman–Crippen MR) is 78.3 cm³/mol. The van der Waals surface area contributed by atoms with Gasteiger partial charge in [0.2, 0.25) is 0 Å². The molecule has 0 spiro atoms. The summed E-state index contributed by atoms with van der Waals surface area (Å²) in [4.78, 5) is 0. The first kappa shape index (κ1) is 14.5. The number of ether oxygens (including phenoxy) is 2. The van der Waals surface area contributed by atoms with Gasteiger partial charge in [-0.25, -0.2) is 0 Å². The molecule has 1 heterocycles. The van der Waals surface area contributed by atoms with Gasteiger partial charge in [-0.3, -0.25) is 0 Å². The third-order valence-electron chi connectivity index (χ3n) is 3.55. The zero-order chi connectivity index (χ0) is 13.8. The fraction of sp³-hybridized carbons (Fsp3) is 0.571. The fourth-order valence-corrected chi connectivity index (χ4v) is 3.01. The van der Waals surface area contributed by atoms with E-state index in [0.717, 1.165) is 24.9 Å². The Bertz CT molecular complexity index is 445. The maximum atomic E-state index is 10.2. The van der Waals surface area contributed by atoms with Gasteiger partial charge >= 0.3 is 0 Å². The molecule has 0 amide bonds. The van der Waals surface area contributed by atoms with E-state index in [2.05, 4.69) is 21.2 Å². The van der Waals surface area contributed by atoms with Gasteiger partial charge in [0.25, 0.3) is 0 Å². The molecule has 1 aliphatic rings. The van der Waals surface area contributed by atoms with E-state index < -0.39 is 0 Å². The van der Waals surface area contributed by atoms with Gasteiger partial charge in [0, 0.05) is 17.7 Å². The molecule has 2 rings (SSSR count). The summed E-state index contributed by atoms with van der Waals surface area (Å²) >= 11 is 3.36. The fourth-order valence-electron chi connectivity index (χ4n) is 2.56. The number of halogens is 1. The summed E-state index contributed by atoms with van der Waals surface area (Å²) in [6, 6.07) is 2.11. The number of hydrogen-bond acceptors (Lipinski definition) is 4. The highest BCUT2D eigenvalue weighted by molar-refractivity contribution is 9.10. The second-order valence-corrected chi connectivity index (χ2v) is 5.63. The Kier molecular flexibility index (Phi) is 4.93. The van der Waals surface area contributed by atoms with Crippen LogP contribution in [0, 0.1) is 0 Å². The van der Waals surface area contributed by atoms with Gasteiger partial charge in [0.05, 0.1) is 18.7 Å². The Morgan fingerprint density at radius 1 is 1.37 bits per heavy atom. The van der Waals surface area contributed by atoms with E-state index in [1.54, 1.807) is 20.3 Å². The first-order valence-electron chi connectivity index (χ1n) is 6.53. The van der Waals surface area contributed by atoms with Gasteiger partial charge < -0.3 is 19.9 Å². The van der Waals surface area contributed by atoms with Crippen LogP contribution in [0.4, 0.5) is 0 Å². The number of aromatic hydroxyl groups is 1. The lowest BCUT2D eigenvalue weighted by Crippen LogP contribution is -2.35. The molecule has 0 saturated carbocycles. The van der Waals surface area contributed by atoms with Crippen LogP contribution in [0.5, 0.6) is 17.2 Å². The largest absolute Gasteiger partial charge is 0.506 e. The number of phenolic OH excluding ortho intramolecular Hbond substituents is 1. The highest BCUT2D eigenvalue weighted by Gasteiger charge is 2.22. The summed E-state index contributed by atoms with van der Waals surface area (Å²) in [5.41, 5.74) is 0.799. The molecule has 4 nitrogen and oxygen atoms in total. The van der Waals surface area contributed by atoms with Crippen molar-refractivity contribution in [2.24, 2.45) is 0 Å². The van der Waals surface area contributed by atoms with Gasteiger partial charge in [-0.05, 0) is 41.7 Å². The van der Waals surface area contributed by atoms with Crippen LogP contribution in [0.2, 0.25) is 0 Å². The van der Waals surface area contributed by atoms with E-state index in [9.17, 15) is 5.11 Å².